The fourth-order valence-electron chi connectivity index (χ4n) is 2.73. The van der Waals surface area contributed by atoms with E-state index in [9.17, 15) is 4.79 Å². The lowest BCUT2D eigenvalue weighted by atomic mass is 10.2. The summed E-state index contributed by atoms with van der Waals surface area (Å²) in [5.41, 5.74) is 3.21. The molecule has 0 fully saturated rings. The van der Waals surface area contributed by atoms with Gasteiger partial charge in [-0.05, 0) is 12.0 Å². The molecular weight excluding hydrogens is 304 g/mol. The van der Waals surface area contributed by atoms with Crippen molar-refractivity contribution in [1.29, 1.82) is 0 Å². The van der Waals surface area contributed by atoms with Crippen molar-refractivity contribution in [1.82, 2.24) is 9.88 Å². The Bertz CT molecular complexity index is 845. The Balaban J connectivity index is 1.97. The fourth-order valence-corrected chi connectivity index (χ4v) is 2.73. The first kappa shape index (κ1) is 16.2. The minimum Gasteiger partial charge on any atom is -0.496 e. The van der Waals surface area contributed by atoms with E-state index in [2.05, 4.69) is 19.2 Å². The van der Waals surface area contributed by atoms with Gasteiger partial charge >= 0.3 is 0 Å². The van der Waals surface area contributed by atoms with Gasteiger partial charge < -0.3 is 19.0 Å². The number of methoxy groups -OCH3 is 1. The van der Waals surface area contributed by atoms with E-state index in [0.29, 0.717) is 30.3 Å². The van der Waals surface area contributed by atoms with Crippen molar-refractivity contribution in [2.24, 2.45) is 5.92 Å². The van der Waals surface area contributed by atoms with Crippen LogP contribution in [0.4, 0.5) is 0 Å². The molecule has 0 saturated carbocycles. The maximum absolute atomic E-state index is 12.6. The fraction of sp³-hybridized carbons (Fsp3) is 0.316. The molecule has 0 bridgehead atoms. The van der Waals surface area contributed by atoms with Gasteiger partial charge in [0.05, 0.1) is 25.4 Å². The SMILES string of the molecule is COc1ccccc1Cn1c(C(=O)NCC(C)C)cc2occc21. The number of furan rings is 1. The number of amides is 1. The molecule has 2 heterocycles. The van der Waals surface area contributed by atoms with Crippen LogP contribution < -0.4 is 10.1 Å². The maximum atomic E-state index is 12.6. The van der Waals surface area contributed by atoms with Crippen molar-refractivity contribution in [2.45, 2.75) is 20.4 Å². The summed E-state index contributed by atoms with van der Waals surface area (Å²) >= 11 is 0. The summed E-state index contributed by atoms with van der Waals surface area (Å²) in [6.07, 6.45) is 1.64. The minimum absolute atomic E-state index is 0.0926. The third-order valence-corrected chi connectivity index (χ3v) is 3.95. The van der Waals surface area contributed by atoms with E-state index in [4.69, 9.17) is 9.15 Å². The average molecular weight is 326 g/mol. The van der Waals surface area contributed by atoms with Crippen LogP contribution in [0.5, 0.6) is 5.75 Å². The molecular formula is C19H22N2O3. The lowest BCUT2D eigenvalue weighted by Crippen LogP contribution is -2.29. The second-order valence-electron chi connectivity index (χ2n) is 6.20. The molecule has 5 heteroatoms. The van der Waals surface area contributed by atoms with Gasteiger partial charge in [-0.25, -0.2) is 0 Å². The summed E-state index contributed by atoms with van der Waals surface area (Å²) < 4.78 is 12.9. The Hall–Kier alpha value is -2.69. The van der Waals surface area contributed by atoms with Gasteiger partial charge in [0.1, 0.15) is 11.4 Å². The van der Waals surface area contributed by atoms with E-state index >= 15 is 0 Å². The highest BCUT2D eigenvalue weighted by molar-refractivity contribution is 5.97. The number of hydrogen-bond acceptors (Lipinski definition) is 3. The number of carbonyl (C=O) groups is 1. The summed E-state index contributed by atoms with van der Waals surface area (Å²) in [5, 5.41) is 2.97. The second kappa shape index (κ2) is 6.83. The number of nitrogens with zero attached hydrogens (tertiary/aromatic N) is 1. The van der Waals surface area contributed by atoms with Crippen molar-refractivity contribution in [2.75, 3.05) is 13.7 Å². The summed E-state index contributed by atoms with van der Waals surface area (Å²) in [5.74, 6) is 1.11. The number of fused-ring (bicyclic) bond motifs is 1. The number of aromatic nitrogens is 1. The molecule has 0 aliphatic rings. The summed E-state index contributed by atoms with van der Waals surface area (Å²) in [6.45, 7) is 5.32. The molecule has 0 aliphatic carbocycles. The third-order valence-electron chi connectivity index (χ3n) is 3.95. The minimum atomic E-state index is -0.0926. The van der Waals surface area contributed by atoms with Crippen LogP contribution in [0.2, 0.25) is 0 Å². The predicted octanol–water partition coefficient (Wildman–Crippen LogP) is 3.68. The Kier molecular flexibility index (Phi) is 4.60. The van der Waals surface area contributed by atoms with Gasteiger partial charge in [-0.3, -0.25) is 4.79 Å². The predicted molar refractivity (Wildman–Crippen MR) is 93.5 cm³/mol. The standard InChI is InChI=1S/C19H22N2O3/c1-13(2)11-20-19(22)16-10-18-15(8-9-24-18)21(16)12-14-6-4-5-7-17(14)23-3/h4-10,13H,11-12H2,1-3H3,(H,20,22). The van der Waals surface area contributed by atoms with Crippen LogP contribution in [0.25, 0.3) is 11.1 Å². The normalized spacial score (nSPS) is 11.2. The number of rotatable bonds is 6. The van der Waals surface area contributed by atoms with Gasteiger partial charge in [0.15, 0.2) is 5.58 Å². The van der Waals surface area contributed by atoms with Gasteiger partial charge in [0.2, 0.25) is 0 Å². The highest BCUT2D eigenvalue weighted by Gasteiger charge is 2.18. The number of para-hydroxylation sites is 1. The zero-order valence-electron chi connectivity index (χ0n) is 14.2. The molecule has 0 unspecified atom stereocenters. The smallest absolute Gasteiger partial charge is 0.268 e. The van der Waals surface area contributed by atoms with E-state index in [1.807, 2.05) is 34.9 Å². The molecule has 0 radical (unpaired) electrons. The number of carbonyl (C=O) groups excluding carboxylic acids is 1. The Morgan fingerprint density at radius 3 is 2.83 bits per heavy atom. The van der Waals surface area contributed by atoms with Crippen molar-refractivity contribution in [3.8, 4) is 5.75 Å². The van der Waals surface area contributed by atoms with Crippen LogP contribution in [0.15, 0.2) is 47.1 Å². The first-order valence-corrected chi connectivity index (χ1v) is 8.07. The monoisotopic (exact) mass is 326 g/mol. The van der Waals surface area contributed by atoms with E-state index in [1.54, 1.807) is 19.4 Å². The average Bonchev–Trinajstić information content (AvgIpc) is 3.15. The molecule has 3 aromatic rings. The topological polar surface area (TPSA) is 56.4 Å². The summed E-state index contributed by atoms with van der Waals surface area (Å²) in [4.78, 5) is 12.6. The van der Waals surface area contributed by atoms with Gasteiger partial charge in [0, 0.05) is 24.2 Å². The molecule has 0 atom stereocenters. The molecule has 1 aromatic carbocycles. The zero-order chi connectivity index (χ0) is 17.1. The zero-order valence-corrected chi connectivity index (χ0v) is 14.2. The van der Waals surface area contributed by atoms with Crippen LogP contribution in [0, 0.1) is 5.92 Å². The van der Waals surface area contributed by atoms with Crippen LogP contribution in [0.3, 0.4) is 0 Å². The molecule has 0 spiro atoms. The lowest BCUT2D eigenvalue weighted by molar-refractivity contribution is 0.0940. The molecule has 2 aromatic heterocycles. The quantitative estimate of drug-likeness (QED) is 0.752. The largest absolute Gasteiger partial charge is 0.496 e. The van der Waals surface area contributed by atoms with Crippen molar-refractivity contribution >= 4 is 17.0 Å². The van der Waals surface area contributed by atoms with E-state index in [0.717, 1.165) is 16.8 Å². The Morgan fingerprint density at radius 2 is 2.08 bits per heavy atom. The van der Waals surface area contributed by atoms with E-state index < -0.39 is 0 Å². The molecule has 5 nitrogen and oxygen atoms in total. The Morgan fingerprint density at radius 1 is 1.29 bits per heavy atom. The maximum Gasteiger partial charge on any atom is 0.268 e. The molecule has 0 aliphatic heterocycles. The van der Waals surface area contributed by atoms with Gasteiger partial charge in [-0.1, -0.05) is 32.0 Å². The van der Waals surface area contributed by atoms with Crippen LogP contribution in [-0.4, -0.2) is 24.1 Å². The summed E-state index contributed by atoms with van der Waals surface area (Å²) in [6, 6.07) is 11.5. The first-order valence-electron chi connectivity index (χ1n) is 8.07. The van der Waals surface area contributed by atoms with Gasteiger partial charge in [-0.2, -0.15) is 0 Å². The van der Waals surface area contributed by atoms with Crippen LogP contribution in [0.1, 0.15) is 29.9 Å². The first-order chi connectivity index (χ1) is 11.6. The van der Waals surface area contributed by atoms with E-state index in [-0.39, 0.29) is 5.91 Å². The molecule has 3 rings (SSSR count). The van der Waals surface area contributed by atoms with Crippen molar-refractivity contribution in [3.63, 3.8) is 0 Å². The number of nitrogens with one attached hydrogen (secondary N) is 1. The lowest BCUT2D eigenvalue weighted by Gasteiger charge is -2.13. The Labute approximate surface area is 141 Å². The molecule has 126 valence electrons. The number of hydrogen-bond donors (Lipinski definition) is 1. The van der Waals surface area contributed by atoms with Crippen LogP contribution in [-0.2, 0) is 6.54 Å². The van der Waals surface area contributed by atoms with Crippen LogP contribution >= 0.6 is 0 Å². The molecule has 0 saturated heterocycles. The highest BCUT2D eigenvalue weighted by atomic mass is 16.5. The molecule has 1 amide bonds. The highest BCUT2D eigenvalue weighted by Crippen LogP contribution is 2.25. The number of ether oxygens (including phenoxy) is 1. The van der Waals surface area contributed by atoms with Gasteiger partial charge in [0.25, 0.3) is 5.91 Å². The molecule has 24 heavy (non-hydrogen) atoms. The van der Waals surface area contributed by atoms with Crippen molar-refractivity contribution < 1.29 is 13.9 Å². The summed E-state index contributed by atoms with van der Waals surface area (Å²) in [7, 11) is 1.65. The molecule has 1 N–H and O–H groups in total. The van der Waals surface area contributed by atoms with Gasteiger partial charge in [-0.15, -0.1) is 0 Å². The van der Waals surface area contributed by atoms with E-state index in [1.165, 1.54) is 0 Å². The third kappa shape index (κ3) is 3.15. The second-order valence-corrected chi connectivity index (χ2v) is 6.20. The van der Waals surface area contributed by atoms with Crippen molar-refractivity contribution in [3.05, 3.63) is 53.9 Å². The number of benzene rings is 1.